The van der Waals surface area contributed by atoms with E-state index in [0.29, 0.717) is 10.9 Å². The third-order valence-corrected chi connectivity index (χ3v) is 5.69. The molecule has 0 spiro atoms. The third kappa shape index (κ3) is 1.97. The predicted octanol–water partition coefficient (Wildman–Crippen LogP) is 1.44. The number of hydrogen-bond donors (Lipinski definition) is 1. The minimum atomic E-state index is -3.18. The van der Waals surface area contributed by atoms with Crippen molar-refractivity contribution in [2.45, 2.75) is 10.9 Å². The van der Waals surface area contributed by atoms with Gasteiger partial charge >= 0.3 is 0 Å². The van der Waals surface area contributed by atoms with E-state index >= 15 is 0 Å². The second-order valence-electron chi connectivity index (χ2n) is 4.73. The summed E-state index contributed by atoms with van der Waals surface area (Å²) in [5.74, 6) is 2.22. The standard InChI is InChI=1S/C12H16N2O2S2/c1-18(15,16)11-4-2-3-10-12(11)13-7-9-8-17-6-5-14(9)10/h2-4,9,13H,5-8H2,1H3. The van der Waals surface area contributed by atoms with E-state index in [1.807, 2.05) is 23.9 Å². The summed E-state index contributed by atoms with van der Waals surface area (Å²) in [5, 5.41) is 3.30. The molecule has 1 saturated heterocycles. The molecule has 1 N–H and O–H groups in total. The lowest BCUT2D eigenvalue weighted by Gasteiger charge is -2.42. The molecule has 0 radical (unpaired) electrons. The molecule has 3 rings (SSSR count). The van der Waals surface area contributed by atoms with Crippen LogP contribution >= 0.6 is 11.8 Å². The van der Waals surface area contributed by atoms with Crippen LogP contribution in [0.5, 0.6) is 0 Å². The zero-order valence-corrected chi connectivity index (χ0v) is 11.9. The van der Waals surface area contributed by atoms with Crippen molar-refractivity contribution in [2.75, 3.05) is 41.1 Å². The second-order valence-corrected chi connectivity index (χ2v) is 7.86. The van der Waals surface area contributed by atoms with Gasteiger partial charge in [-0.15, -0.1) is 0 Å². The topological polar surface area (TPSA) is 49.4 Å². The Morgan fingerprint density at radius 2 is 2.28 bits per heavy atom. The summed E-state index contributed by atoms with van der Waals surface area (Å²) in [4.78, 5) is 2.76. The van der Waals surface area contributed by atoms with Gasteiger partial charge in [0.05, 0.1) is 22.3 Å². The van der Waals surface area contributed by atoms with Crippen LogP contribution in [-0.4, -0.2) is 45.3 Å². The van der Waals surface area contributed by atoms with E-state index in [9.17, 15) is 8.42 Å². The van der Waals surface area contributed by atoms with Gasteiger partial charge in [-0.2, -0.15) is 11.8 Å². The number of benzene rings is 1. The number of sulfone groups is 1. The molecule has 1 fully saturated rings. The first-order chi connectivity index (χ1) is 8.57. The average molecular weight is 284 g/mol. The Balaban J connectivity index is 2.11. The molecule has 6 heteroatoms. The molecule has 2 aliphatic rings. The minimum Gasteiger partial charge on any atom is -0.380 e. The molecule has 1 aromatic rings. The van der Waals surface area contributed by atoms with Crippen LogP contribution < -0.4 is 10.2 Å². The van der Waals surface area contributed by atoms with Gasteiger partial charge in [0.2, 0.25) is 0 Å². The molecular weight excluding hydrogens is 268 g/mol. The van der Waals surface area contributed by atoms with Crippen molar-refractivity contribution in [3.63, 3.8) is 0 Å². The van der Waals surface area contributed by atoms with Crippen molar-refractivity contribution in [2.24, 2.45) is 0 Å². The second kappa shape index (κ2) is 4.35. The van der Waals surface area contributed by atoms with Crippen LogP contribution in [-0.2, 0) is 9.84 Å². The molecule has 0 bridgehead atoms. The maximum atomic E-state index is 11.8. The lowest BCUT2D eigenvalue weighted by molar-refractivity contribution is 0.600. The highest BCUT2D eigenvalue weighted by atomic mass is 32.2. The maximum absolute atomic E-state index is 11.8. The van der Waals surface area contributed by atoms with Crippen LogP contribution in [0.25, 0.3) is 0 Å². The number of rotatable bonds is 1. The highest BCUT2D eigenvalue weighted by Gasteiger charge is 2.31. The van der Waals surface area contributed by atoms with Crippen LogP contribution in [0, 0.1) is 0 Å². The van der Waals surface area contributed by atoms with Gasteiger partial charge in [0.15, 0.2) is 9.84 Å². The first kappa shape index (κ1) is 12.2. The Bertz CT molecular complexity index is 571. The molecule has 1 aromatic carbocycles. The van der Waals surface area contributed by atoms with Crippen molar-refractivity contribution in [3.05, 3.63) is 18.2 Å². The number of thioether (sulfide) groups is 1. The lowest BCUT2D eigenvalue weighted by Crippen LogP contribution is -2.49. The first-order valence-electron chi connectivity index (χ1n) is 5.99. The van der Waals surface area contributed by atoms with E-state index in [1.165, 1.54) is 6.26 Å². The SMILES string of the molecule is CS(=O)(=O)c1cccc2c1NCC1CSCCN21. The van der Waals surface area contributed by atoms with Crippen molar-refractivity contribution in [3.8, 4) is 0 Å². The fourth-order valence-corrected chi connectivity index (χ4v) is 4.54. The quantitative estimate of drug-likeness (QED) is 0.845. The van der Waals surface area contributed by atoms with Crippen LogP contribution in [0.4, 0.5) is 11.4 Å². The van der Waals surface area contributed by atoms with E-state index < -0.39 is 9.84 Å². The number of anilines is 2. The summed E-state index contributed by atoms with van der Waals surface area (Å²) in [6.45, 7) is 1.82. The molecule has 0 aromatic heterocycles. The molecular formula is C12H16N2O2S2. The first-order valence-corrected chi connectivity index (χ1v) is 9.03. The van der Waals surface area contributed by atoms with Gasteiger partial charge in [0.25, 0.3) is 0 Å². The van der Waals surface area contributed by atoms with E-state index in [4.69, 9.17) is 0 Å². The van der Waals surface area contributed by atoms with Gasteiger partial charge in [-0.1, -0.05) is 6.07 Å². The fourth-order valence-electron chi connectivity index (χ4n) is 2.61. The number of nitrogens with one attached hydrogen (secondary N) is 1. The molecule has 0 saturated carbocycles. The highest BCUT2D eigenvalue weighted by Crippen LogP contribution is 2.38. The summed E-state index contributed by atoms with van der Waals surface area (Å²) < 4.78 is 23.6. The molecule has 1 atom stereocenters. The number of nitrogens with zero attached hydrogens (tertiary/aromatic N) is 1. The minimum absolute atomic E-state index is 0.414. The number of para-hydroxylation sites is 1. The van der Waals surface area contributed by atoms with Gasteiger partial charge in [-0.05, 0) is 12.1 Å². The Labute approximate surface area is 112 Å². The zero-order chi connectivity index (χ0) is 12.8. The van der Waals surface area contributed by atoms with Crippen molar-refractivity contribution < 1.29 is 8.42 Å². The van der Waals surface area contributed by atoms with Crippen LogP contribution in [0.3, 0.4) is 0 Å². The molecule has 98 valence electrons. The van der Waals surface area contributed by atoms with E-state index in [-0.39, 0.29) is 0 Å². The lowest BCUT2D eigenvalue weighted by atomic mass is 10.1. The zero-order valence-electron chi connectivity index (χ0n) is 10.2. The number of hydrogen-bond acceptors (Lipinski definition) is 5. The van der Waals surface area contributed by atoms with Gasteiger partial charge < -0.3 is 10.2 Å². The molecule has 0 aliphatic carbocycles. The summed E-state index contributed by atoms with van der Waals surface area (Å²) in [6, 6.07) is 6.01. The van der Waals surface area contributed by atoms with E-state index in [0.717, 1.165) is 36.0 Å². The largest absolute Gasteiger partial charge is 0.380 e. The van der Waals surface area contributed by atoms with Gasteiger partial charge in [0.1, 0.15) is 0 Å². The summed E-state index contributed by atoms with van der Waals surface area (Å²) >= 11 is 1.97. The Hall–Kier alpha value is -0.880. The predicted molar refractivity (Wildman–Crippen MR) is 76.5 cm³/mol. The van der Waals surface area contributed by atoms with Crippen LogP contribution in [0.1, 0.15) is 0 Å². The Morgan fingerprint density at radius 1 is 1.44 bits per heavy atom. The monoisotopic (exact) mass is 284 g/mol. The summed E-state index contributed by atoms with van der Waals surface area (Å²) in [5.41, 5.74) is 1.82. The van der Waals surface area contributed by atoms with Crippen molar-refractivity contribution in [1.82, 2.24) is 0 Å². The maximum Gasteiger partial charge on any atom is 0.177 e. The molecule has 0 amide bonds. The number of fused-ring (bicyclic) bond motifs is 3. The van der Waals surface area contributed by atoms with Crippen molar-refractivity contribution >= 4 is 33.0 Å². The molecule has 2 heterocycles. The normalized spacial score (nSPS) is 22.9. The highest BCUT2D eigenvalue weighted by molar-refractivity contribution is 7.99. The molecule has 1 unspecified atom stereocenters. The summed E-state index contributed by atoms with van der Waals surface area (Å²) in [6.07, 6.45) is 1.27. The van der Waals surface area contributed by atoms with E-state index in [2.05, 4.69) is 10.2 Å². The van der Waals surface area contributed by atoms with Gasteiger partial charge in [-0.3, -0.25) is 0 Å². The molecule has 2 aliphatic heterocycles. The van der Waals surface area contributed by atoms with Crippen LogP contribution in [0.15, 0.2) is 23.1 Å². The Morgan fingerprint density at radius 3 is 3.06 bits per heavy atom. The van der Waals surface area contributed by atoms with Crippen molar-refractivity contribution in [1.29, 1.82) is 0 Å². The Kier molecular flexibility index (Phi) is 2.94. The van der Waals surface area contributed by atoms with Crippen LogP contribution in [0.2, 0.25) is 0 Å². The average Bonchev–Trinajstić information content (AvgIpc) is 2.36. The summed E-state index contributed by atoms with van der Waals surface area (Å²) in [7, 11) is -3.18. The smallest absolute Gasteiger partial charge is 0.177 e. The van der Waals surface area contributed by atoms with Gasteiger partial charge in [-0.25, -0.2) is 8.42 Å². The molecule has 4 nitrogen and oxygen atoms in total. The third-order valence-electron chi connectivity index (χ3n) is 3.46. The van der Waals surface area contributed by atoms with Gasteiger partial charge in [0, 0.05) is 30.9 Å². The molecule has 18 heavy (non-hydrogen) atoms. The van der Waals surface area contributed by atoms with E-state index in [1.54, 1.807) is 6.07 Å². The fraction of sp³-hybridized carbons (Fsp3) is 0.500.